The van der Waals surface area contributed by atoms with Gasteiger partial charge in [-0.15, -0.1) is 0 Å². The van der Waals surface area contributed by atoms with Gasteiger partial charge in [0.15, 0.2) is 17.2 Å². The second kappa shape index (κ2) is 8.54. The first kappa shape index (κ1) is 21.3. The van der Waals surface area contributed by atoms with Gasteiger partial charge in [0.05, 0.1) is 17.7 Å². The summed E-state index contributed by atoms with van der Waals surface area (Å²) in [5, 5.41) is -0.408. The second-order valence-corrected chi connectivity index (χ2v) is 7.83. The van der Waals surface area contributed by atoms with E-state index < -0.39 is 68.1 Å². The van der Waals surface area contributed by atoms with E-state index >= 15 is 0 Å². The molecule has 1 unspecified atom stereocenters. The van der Waals surface area contributed by atoms with Crippen LogP contribution in [0.1, 0.15) is 28.6 Å². The van der Waals surface area contributed by atoms with Crippen molar-refractivity contribution in [1.29, 1.82) is 0 Å². The molecule has 2 aromatic carbocycles. The molecule has 0 spiro atoms. The van der Waals surface area contributed by atoms with Crippen molar-refractivity contribution in [2.45, 2.75) is 18.4 Å². The van der Waals surface area contributed by atoms with Crippen LogP contribution in [-0.4, -0.2) is 16.8 Å². The molecule has 0 aliphatic rings. The molecular weight excluding hydrogens is 436 g/mol. The Morgan fingerprint density at radius 1 is 1.03 bits per heavy atom. The molecule has 0 amide bonds. The predicted octanol–water partition coefficient (Wildman–Crippen LogP) is 5.27. The maximum absolute atomic E-state index is 14.3. The van der Waals surface area contributed by atoms with Gasteiger partial charge in [0, 0.05) is 21.6 Å². The van der Waals surface area contributed by atoms with Gasteiger partial charge in [-0.1, -0.05) is 23.7 Å². The van der Waals surface area contributed by atoms with Crippen molar-refractivity contribution in [3.05, 3.63) is 69.4 Å². The van der Waals surface area contributed by atoms with Crippen molar-refractivity contribution in [2.24, 2.45) is 0 Å². The molecule has 0 bridgehead atoms. The Kier molecular flexibility index (Phi) is 6.28. The molecule has 29 heavy (non-hydrogen) atoms. The predicted molar refractivity (Wildman–Crippen MR) is 99.0 cm³/mol. The SMILES string of the molecule is CCOC(=O)c1c(CS(=O)Cc2ccc(Cl)cc2)oc2c(F)c(F)c(F)c(F)c12. The Balaban J connectivity index is 2.06. The molecule has 154 valence electrons. The monoisotopic (exact) mass is 448 g/mol. The summed E-state index contributed by atoms with van der Waals surface area (Å²) >= 11 is 5.79. The Hall–Kier alpha value is -2.39. The van der Waals surface area contributed by atoms with E-state index in [1.807, 2.05) is 0 Å². The van der Waals surface area contributed by atoms with Gasteiger partial charge in [0.1, 0.15) is 11.3 Å². The average molecular weight is 449 g/mol. The summed E-state index contributed by atoms with van der Waals surface area (Å²) in [6.07, 6.45) is 0. The summed E-state index contributed by atoms with van der Waals surface area (Å²) in [5.41, 5.74) is -0.958. The van der Waals surface area contributed by atoms with Gasteiger partial charge in [0.25, 0.3) is 0 Å². The normalized spacial score (nSPS) is 12.3. The van der Waals surface area contributed by atoms with E-state index in [4.69, 9.17) is 20.8 Å². The van der Waals surface area contributed by atoms with Gasteiger partial charge in [0.2, 0.25) is 11.6 Å². The van der Waals surface area contributed by atoms with Crippen molar-refractivity contribution >= 4 is 39.3 Å². The molecule has 0 saturated heterocycles. The number of furan rings is 1. The first-order valence-electron chi connectivity index (χ1n) is 8.28. The first-order chi connectivity index (χ1) is 13.7. The van der Waals surface area contributed by atoms with E-state index in [0.29, 0.717) is 10.6 Å². The Labute approximate surface area is 169 Å². The van der Waals surface area contributed by atoms with Crippen LogP contribution in [0.2, 0.25) is 5.02 Å². The summed E-state index contributed by atoms with van der Waals surface area (Å²) in [6.45, 7) is 1.35. The van der Waals surface area contributed by atoms with Gasteiger partial charge >= 0.3 is 5.97 Å². The van der Waals surface area contributed by atoms with Crippen LogP contribution < -0.4 is 0 Å². The van der Waals surface area contributed by atoms with Crippen molar-refractivity contribution in [1.82, 2.24) is 0 Å². The maximum atomic E-state index is 14.3. The highest BCUT2D eigenvalue weighted by atomic mass is 35.5. The lowest BCUT2D eigenvalue weighted by atomic mass is 10.1. The molecule has 4 nitrogen and oxygen atoms in total. The maximum Gasteiger partial charge on any atom is 0.342 e. The standard InChI is InChI=1S/C19H13ClF4O4S/c1-2-27-19(25)12-11(8-29(26)7-9-3-5-10(20)6-4-9)28-18-13(12)14(21)15(22)16(23)17(18)24/h3-6H,2,7-8H2,1H3. The zero-order chi connectivity index (χ0) is 21.3. The van der Waals surface area contributed by atoms with Crippen molar-refractivity contribution < 1.29 is 35.7 Å². The van der Waals surface area contributed by atoms with E-state index in [2.05, 4.69) is 0 Å². The molecule has 0 aliphatic heterocycles. The van der Waals surface area contributed by atoms with Gasteiger partial charge in [-0.05, 0) is 24.6 Å². The Morgan fingerprint density at radius 2 is 1.66 bits per heavy atom. The largest absolute Gasteiger partial charge is 0.462 e. The lowest BCUT2D eigenvalue weighted by molar-refractivity contribution is 0.0526. The number of carbonyl (C=O) groups excluding carboxylic acids is 1. The zero-order valence-corrected chi connectivity index (χ0v) is 16.4. The summed E-state index contributed by atoms with van der Waals surface area (Å²) < 4.78 is 78.0. The van der Waals surface area contributed by atoms with Crippen LogP contribution in [0.4, 0.5) is 17.6 Å². The van der Waals surface area contributed by atoms with E-state index in [1.54, 1.807) is 24.3 Å². The van der Waals surface area contributed by atoms with Crippen LogP contribution in [0.25, 0.3) is 11.0 Å². The molecule has 10 heteroatoms. The molecular formula is C19H13ClF4O4S. The number of hydrogen-bond acceptors (Lipinski definition) is 4. The minimum absolute atomic E-state index is 0.0180. The lowest BCUT2D eigenvalue weighted by Gasteiger charge is -2.05. The van der Waals surface area contributed by atoms with E-state index in [9.17, 15) is 26.6 Å². The zero-order valence-electron chi connectivity index (χ0n) is 14.9. The molecule has 0 N–H and O–H groups in total. The summed E-state index contributed by atoms with van der Waals surface area (Å²) in [6, 6.07) is 6.45. The first-order valence-corrected chi connectivity index (χ1v) is 10.1. The van der Waals surface area contributed by atoms with E-state index in [0.717, 1.165) is 0 Å². The van der Waals surface area contributed by atoms with Gasteiger partial charge in [-0.25, -0.2) is 18.0 Å². The summed E-state index contributed by atoms with van der Waals surface area (Å²) in [7, 11) is -1.69. The van der Waals surface area contributed by atoms with Crippen LogP contribution in [0.3, 0.4) is 0 Å². The van der Waals surface area contributed by atoms with Gasteiger partial charge in [-0.3, -0.25) is 4.21 Å². The highest BCUT2D eigenvalue weighted by molar-refractivity contribution is 7.83. The highest BCUT2D eigenvalue weighted by Crippen LogP contribution is 2.35. The van der Waals surface area contributed by atoms with Crippen LogP contribution in [0, 0.1) is 23.3 Å². The van der Waals surface area contributed by atoms with E-state index in [1.165, 1.54) is 6.92 Å². The third kappa shape index (κ3) is 4.16. The molecule has 1 aromatic heterocycles. The van der Waals surface area contributed by atoms with Crippen LogP contribution >= 0.6 is 11.6 Å². The third-order valence-corrected chi connectivity index (χ3v) is 5.48. The second-order valence-electron chi connectivity index (χ2n) is 5.94. The molecule has 0 radical (unpaired) electrons. The van der Waals surface area contributed by atoms with Crippen LogP contribution in [-0.2, 0) is 27.0 Å². The topological polar surface area (TPSA) is 56.5 Å². The summed E-state index contributed by atoms with van der Waals surface area (Å²) in [5.74, 6) is -9.69. The smallest absolute Gasteiger partial charge is 0.342 e. The molecule has 1 heterocycles. The number of ether oxygens (including phenoxy) is 1. The quantitative estimate of drug-likeness (QED) is 0.223. The molecule has 3 rings (SSSR count). The lowest BCUT2D eigenvalue weighted by Crippen LogP contribution is -2.09. The van der Waals surface area contributed by atoms with Gasteiger partial charge in [-0.2, -0.15) is 4.39 Å². The fourth-order valence-electron chi connectivity index (χ4n) is 2.73. The molecule has 1 atom stereocenters. The number of benzene rings is 2. The highest BCUT2D eigenvalue weighted by Gasteiger charge is 2.32. The van der Waals surface area contributed by atoms with Crippen molar-refractivity contribution in [3.63, 3.8) is 0 Å². The molecule has 3 aromatic rings. The fourth-order valence-corrected chi connectivity index (χ4v) is 4.02. The Morgan fingerprint density at radius 3 is 2.28 bits per heavy atom. The number of halogens is 5. The van der Waals surface area contributed by atoms with E-state index in [-0.39, 0.29) is 12.4 Å². The average Bonchev–Trinajstić information content (AvgIpc) is 3.06. The number of fused-ring (bicyclic) bond motifs is 1. The van der Waals surface area contributed by atoms with Gasteiger partial charge < -0.3 is 9.15 Å². The number of rotatable bonds is 6. The van der Waals surface area contributed by atoms with Crippen molar-refractivity contribution in [3.8, 4) is 0 Å². The third-order valence-electron chi connectivity index (χ3n) is 3.99. The van der Waals surface area contributed by atoms with Crippen LogP contribution in [0.5, 0.6) is 0 Å². The minimum atomic E-state index is -2.09. The van der Waals surface area contributed by atoms with Crippen molar-refractivity contribution in [2.75, 3.05) is 6.61 Å². The molecule has 0 fully saturated rings. The number of hydrogen-bond donors (Lipinski definition) is 0. The summed E-state index contributed by atoms with van der Waals surface area (Å²) in [4.78, 5) is 12.3. The number of esters is 1. The minimum Gasteiger partial charge on any atom is -0.462 e. The number of carbonyl (C=O) groups is 1. The Bertz CT molecular complexity index is 1110. The fraction of sp³-hybridized carbons (Fsp3) is 0.211. The molecule has 0 aliphatic carbocycles. The molecule has 0 saturated carbocycles. The van der Waals surface area contributed by atoms with Crippen LogP contribution in [0.15, 0.2) is 28.7 Å².